The highest BCUT2D eigenvalue weighted by molar-refractivity contribution is 6.37. The highest BCUT2D eigenvalue weighted by Crippen LogP contribution is 2.18. The van der Waals surface area contributed by atoms with E-state index in [4.69, 9.17) is 21.0 Å². The molecule has 0 fully saturated rings. The number of hydrogen-bond acceptors (Lipinski definition) is 6. The molecule has 0 spiro atoms. The molecule has 140 valence electrons. The fraction of sp³-hybridized carbons (Fsp3) is 0.611. The van der Waals surface area contributed by atoms with Crippen LogP contribution in [0.15, 0.2) is 16.3 Å². The largest absolute Gasteiger partial charge is 0.444 e. The number of carbonyl (C=O) groups excluding carboxylic acids is 1. The van der Waals surface area contributed by atoms with Gasteiger partial charge >= 0.3 is 6.09 Å². The Morgan fingerprint density at radius 1 is 1.48 bits per heavy atom. The van der Waals surface area contributed by atoms with Gasteiger partial charge in [-0.3, -0.25) is 4.99 Å². The molecule has 0 aromatic carbocycles. The Kier molecular flexibility index (Phi) is 10.2. The maximum absolute atomic E-state index is 12.2. The third-order valence-corrected chi connectivity index (χ3v) is 3.18. The lowest BCUT2D eigenvalue weighted by atomic mass is 10.0. The van der Waals surface area contributed by atoms with E-state index in [9.17, 15) is 4.79 Å². The Labute approximate surface area is 150 Å². The van der Waals surface area contributed by atoms with Crippen molar-refractivity contribution in [3.63, 3.8) is 0 Å². The van der Waals surface area contributed by atoms with E-state index in [-0.39, 0.29) is 6.09 Å². The first-order valence-electron chi connectivity index (χ1n) is 8.13. The maximum Gasteiger partial charge on any atom is 0.410 e. The predicted octanol–water partition coefficient (Wildman–Crippen LogP) is 1.95. The Morgan fingerprint density at radius 3 is 2.64 bits per heavy atom. The molecule has 0 aliphatic carbocycles. The molecule has 4 N–H and O–H groups in total. The molecule has 7 heteroatoms. The first-order chi connectivity index (χ1) is 11.8. The smallest absolute Gasteiger partial charge is 0.410 e. The van der Waals surface area contributed by atoms with Gasteiger partial charge in [-0.15, -0.1) is 11.8 Å². The zero-order valence-corrected chi connectivity index (χ0v) is 15.8. The van der Waals surface area contributed by atoms with Crippen LogP contribution in [-0.2, 0) is 4.74 Å². The van der Waals surface area contributed by atoms with Crippen LogP contribution in [0.25, 0.3) is 0 Å². The van der Waals surface area contributed by atoms with Gasteiger partial charge in [0.05, 0.1) is 18.8 Å². The van der Waals surface area contributed by atoms with Gasteiger partial charge in [0.15, 0.2) is 0 Å². The third-order valence-electron chi connectivity index (χ3n) is 3.18. The van der Waals surface area contributed by atoms with E-state index in [0.717, 1.165) is 12.7 Å². The van der Waals surface area contributed by atoms with Crippen molar-refractivity contribution in [2.75, 3.05) is 26.7 Å². The molecule has 0 radical (unpaired) electrons. The summed E-state index contributed by atoms with van der Waals surface area (Å²) in [6.45, 7) is 8.61. The van der Waals surface area contributed by atoms with Crippen LogP contribution in [0.1, 0.15) is 40.5 Å². The van der Waals surface area contributed by atoms with Crippen LogP contribution in [0.5, 0.6) is 0 Å². The summed E-state index contributed by atoms with van der Waals surface area (Å²) in [5, 5.41) is 14.6. The van der Waals surface area contributed by atoms with Crippen molar-refractivity contribution >= 4 is 18.0 Å². The first-order valence-corrected chi connectivity index (χ1v) is 8.13. The second-order valence-electron chi connectivity index (χ2n) is 6.24. The Hall–Kier alpha value is -2.33. The molecule has 0 atom stereocenters. The molecule has 0 bridgehead atoms. The van der Waals surface area contributed by atoms with Gasteiger partial charge in [-0.2, -0.15) is 0 Å². The van der Waals surface area contributed by atoms with Crippen molar-refractivity contribution in [3.05, 3.63) is 11.3 Å². The molecular formula is C18H30N4O3. The standard InChI is InChI=1S/C17H26N4O2.CH4O/c1-5-6-7-9-20-15(11-18)13-12-21(10-8-14(13)19)16(22)23-17(2,3)4;1-2/h11,18H,7-10,12,19H2,1-4H3;2H,1H3. The van der Waals surface area contributed by atoms with Gasteiger partial charge in [-0.05, 0) is 27.7 Å². The van der Waals surface area contributed by atoms with Crippen molar-refractivity contribution in [1.82, 2.24) is 4.90 Å². The Morgan fingerprint density at radius 2 is 2.12 bits per heavy atom. The maximum atomic E-state index is 12.2. The molecule has 0 saturated carbocycles. The number of nitrogens with zero attached hydrogens (tertiary/aromatic N) is 2. The number of rotatable bonds is 4. The molecule has 1 rings (SSSR count). The van der Waals surface area contributed by atoms with E-state index in [1.165, 1.54) is 6.21 Å². The average Bonchev–Trinajstić information content (AvgIpc) is 2.56. The monoisotopic (exact) mass is 350 g/mol. The van der Waals surface area contributed by atoms with Crippen LogP contribution in [-0.4, -0.2) is 60.4 Å². The number of hydrogen-bond donors (Lipinski definition) is 3. The van der Waals surface area contributed by atoms with E-state index < -0.39 is 5.60 Å². The highest BCUT2D eigenvalue weighted by Gasteiger charge is 2.27. The van der Waals surface area contributed by atoms with Crippen LogP contribution in [0, 0.1) is 17.3 Å². The summed E-state index contributed by atoms with van der Waals surface area (Å²) in [5.74, 6) is 5.74. The van der Waals surface area contributed by atoms with Crippen molar-refractivity contribution < 1.29 is 14.6 Å². The number of carbonyl (C=O) groups is 1. The van der Waals surface area contributed by atoms with Gasteiger partial charge in [0.25, 0.3) is 0 Å². The highest BCUT2D eigenvalue weighted by atomic mass is 16.6. The molecular weight excluding hydrogens is 320 g/mol. The lowest BCUT2D eigenvalue weighted by Gasteiger charge is -2.31. The molecule has 1 aliphatic rings. The zero-order chi connectivity index (χ0) is 19.5. The quantitative estimate of drug-likeness (QED) is 0.409. The zero-order valence-electron chi connectivity index (χ0n) is 15.8. The lowest BCUT2D eigenvalue weighted by molar-refractivity contribution is 0.0262. The first kappa shape index (κ1) is 22.7. The SMILES string of the molecule is CC#CCCN=C(C=N)C1=C(N)CCN(C(=O)OC(C)(C)C)C1.CO. The van der Waals surface area contributed by atoms with Crippen LogP contribution < -0.4 is 5.73 Å². The van der Waals surface area contributed by atoms with Gasteiger partial charge in [0.1, 0.15) is 5.60 Å². The summed E-state index contributed by atoms with van der Waals surface area (Å²) >= 11 is 0. The number of ether oxygens (including phenoxy) is 1. The van der Waals surface area contributed by atoms with Crippen LogP contribution in [0.2, 0.25) is 0 Å². The van der Waals surface area contributed by atoms with Crippen molar-refractivity contribution in [1.29, 1.82) is 5.41 Å². The van der Waals surface area contributed by atoms with Gasteiger partial charge in [-0.25, -0.2) is 4.79 Å². The van der Waals surface area contributed by atoms with Gasteiger partial charge < -0.3 is 25.9 Å². The van der Waals surface area contributed by atoms with Crippen LogP contribution in [0.3, 0.4) is 0 Å². The number of nitrogens with two attached hydrogens (primary N) is 1. The van der Waals surface area contributed by atoms with Crippen molar-refractivity contribution in [2.24, 2.45) is 10.7 Å². The van der Waals surface area contributed by atoms with Crippen LogP contribution >= 0.6 is 0 Å². The van der Waals surface area contributed by atoms with Crippen molar-refractivity contribution in [3.8, 4) is 11.8 Å². The second kappa shape index (κ2) is 11.3. The molecule has 7 nitrogen and oxygen atoms in total. The number of aliphatic hydroxyl groups is 1. The topological polar surface area (TPSA) is 112 Å². The van der Waals surface area contributed by atoms with E-state index in [1.807, 2.05) is 20.8 Å². The molecule has 1 heterocycles. The number of aliphatic hydroxyl groups excluding tert-OH is 1. The van der Waals surface area contributed by atoms with E-state index in [0.29, 0.717) is 43.9 Å². The lowest BCUT2D eigenvalue weighted by Crippen LogP contribution is -2.43. The minimum absolute atomic E-state index is 0.314. The molecule has 25 heavy (non-hydrogen) atoms. The van der Waals surface area contributed by atoms with E-state index in [1.54, 1.807) is 11.8 Å². The molecule has 1 aliphatic heterocycles. The summed E-state index contributed by atoms with van der Waals surface area (Å²) in [6.07, 6.45) is 2.00. The summed E-state index contributed by atoms with van der Waals surface area (Å²) < 4.78 is 5.40. The molecule has 0 aromatic heterocycles. The Balaban J connectivity index is 0.00000277. The van der Waals surface area contributed by atoms with Gasteiger partial charge in [-0.1, -0.05) is 0 Å². The molecule has 0 saturated heterocycles. The average molecular weight is 350 g/mol. The predicted molar refractivity (Wildman–Crippen MR) is 101 cm³/mol. The number of amides is 1. The summed E-state index contributed by atoms with van der Waals surface area (Å²) in [7, 11) is 1.00. The molecule has 1 amide bonds. The number of nitrogens with one attached hydrogen (secondary N) is 1. The Bertz CT molecular complexity index is 577. The number of aliphatic imine (C=N–C) groups is 1. The van der Waals surface area contributed by atoms with E-state index in [2.05, 4.69) is 16.8 Å². The second-order valence-corrected chi connectivity index (χ2v) is 6.24. The summed E-state index contributed by atoms with van der Waals surface area (Å²) in [5.41, 5.74) is 7.43. The van der Waals surface area contributed by atoms with Crippen molar-refractivity contribution in [2.45, 2.75) is 46.1 Å². The molecule has 0 aromatic rings. The summed E-state index contributed by atoms with van der Waals surface area (Å²) in [6, 6.07) is 0. The normalized spacial score (nSPS) is 14.8. The fourth-order valence-electron chi connectivity index (χ4n) is 2.09. The molecule has 0 unspecified atom stereocenters. The van der Waals surface area contributed by atoms with Crippen LogP contribution in [0.4, 0.5) is 4.79 Å². The minimum Gasteiger partial charge on any atom is -0.444 e. The minimum atomic E-state index is -0.540. The summed E-state index contributed by atoms with van der Waals surface area (Å²) in [4.78, 5) is 18.2. The van der Waals surface area contributed by atoms with E-state index >= 15 is 0 Å². The third kappa shape index (κ3) is 8.36. The van der Waals surface area contributed by atoms with Gasteiger partial charge in [0, 0.05) is 44.0 Å². The van der Waals surface area contributed by atoms with Gasteiger partial charge in [0.2, 0.25) is 0 Å². The fourth-order valence-corrected chi connectivity index (χ4v) is 2.09.